The lowest BCUT2D eigenvalue weighted by Gasteiger charge is -2.23. The summed E-state index contributed by atoms with van der Waals surface area (Å²) < 4.78 is 25.2. The molecule has 2 aromatic rings. The van der Waals surface area contributed by atoms with Crippen LogP contribution in [0.1, 0.15) is 30.0 Å². The highest BCUT2D eigenvalue weighted by atomic mass is 32.2. The van der Waals surface area contributed by atoms with Crippen LogP contribution in [0.4, 0.5) is 0 Å². The normalized spacial score (nSPS) is 12.8. The average molecular weight is 349 g/mol. The molecule has 0 saturated carbocycles. The summed E-state index contributed by atoms with van der Waals surface area (Å²) in [6, 6.07) is 10.8. The minimum absolute atomic E-state index is 0.0515. The third-order valence-electron chi connectivity index (χ3n) is 4.02. The van der Waals surface area contributed by atoms with Gasteiger partial charge in [0.15, 0.2) is 15.5 Å². The number of benzene rings is 1. The predicted octanol–water partition coefficient (Wildman–Crippen LogP) is 2.08. The smallest absolute Gasteiger partial charge is 0.274 e. The summed E-state index contributed by atoms with van der Waals surface area (Å²) in [4.78, 5) is 14.0. The lowest BCUT2D eigenvalue weighted by molar-refractivity contribution is 0.0750. The minimum Gasteiger partial charge on any atom is -0.337 e. The van der Waals surface area contributed by atoms with Crippen LogP contribution in [0.2, 0.25) is 0 Å². The Morgan fingerprint density at radius 1 is 1.29 bits per heavy atom. The van der Waals surface area contributed by atoms with Gasteiger partial charge in [0.25, 0.3) is 5.91 Å². The van der Waals surface area contributed by atoms with Gasteiger partial charge in [0.2, 0.25) is 0 Å². The van der Waals surface area contributed by atoms with Crippen LogP contribution >= 0.6 is 0 Å². The average Bonchev–Trinajstić information content (AvgIpc) is 2.95. The van der Waals surface area contributed by atoms with Crippen LogP contribution < -0.4 is 0 Å². The van der Waals surface area contributed by atoms with Gasteiger partial charge in [-0.15, -0.1) is 0 Å². The van der Waals surface area contributed by atoms with Crippen molar-refractivity contribution in [3.63, 3.8) is 0 Å². The molecule has 24 heavy (non-hydrogen) atoms. The van der Waals surface area contributed by atoms with Crippen molar-refractivity contribution in [2.24, 2.45) is 0 Å². The number of carbonyl (C=O) groups excluding carboxylic acids is 1. The number of amides is 1. The molecule has 1 unspecified atom stereocenters. The fourth-order valence-corrected chi connectivity index (χ4v) is 3.58. The molecule has 6 nitrogen and oxygen atoms in total. The number of para-hydroxylation sites is 1. The summed E-state index contributed by atoms with van der Waals surface area (Å²) in [6.45, 7) is 5.21. The molecule has 2 rings (SSSR count). The fraction of sp³-hybridized carbons (Fsp3) is 0.412. The van der Waals surface area contributed by atoms with Gasteiger partial charge in [0.05, 0.1) is 11.4 Å². The van der Waals surface area contributed by atoms with Gasteiger partial charge in [-0.3, -0.25) is 4.79 Å². The van der Waals surface area contributed by atoms with E-state index in [0.717, 1.165) is 11.4 Å². The van der Waals surface area contributed by atoms with Crippen LogP contribution in [0.5, 0.6) is 0 Å². The fourth-order valence-electron chi connectivity index (χ4n) is 2.39. The molecule has 1 atom stereocenters. The van der Waals surface area contributed by atoms with Crippen LogP contribution in [0.15, 0.2) is 36.4 Å². The van der Waals surface area contributed by atoms with E-state index in [4.69, 9.17) is 0 Å². The molecular weight excluding hydrogens is 326 g/mol. The molecule has 0 bridgehead atoms. The van der Waals surface area contributed by atoms with Gasteiger partial charge in [0, 0.05) is 24.5 Å². The number of hydrogen-bond acceptors (Lipinski definition) is 4. The Kier molecular flexibility index (Phi) is 5.43. The quantitative estimate of drug-likeness (QED) is 0.800. The number of hydrogen-bond donors (Lipinski definition) is 0. The molecule has 1 heterocycles. The van der Waals surface area contributed by atoms with Crippen LogP contribution in [-0.2, 0) is 9.84 Å². The number of nitrogens with zero attached hydrogens (tertiary/aromatic N) is 3. The summed E-state index contributed by atoms with van der Waals surface area (Å²) in [7, 11) is -1.54. The first-order chi connectivity index (χ1) is 11.2. The Hall–Kier alpha value is -2.15. The minimum atomic E-state index is -3.14. The van der Waals surface area contributed by atoms with Crippen molar-refractivity contribution in [3.05, 3.63) is 47.8 Å². The Morgan fingerprint density at radius 3 is 2.50 bits per heavy atom. The van der Waals surface area contributed by atoms with E-state index < -0.39 is 15.9 Å². The molecule has 0 spiro atoms. The van der Waals surface area contributed by atoms with E-state index in [0.29, 0.717) is 5.69 Å². The standard InChI is InChI=1S/C17H23N3O3S/c1-5-24(22,23)12-14(3)19(4)17(21)16-11-13(2)20(18-16)15-9-7-6-8-10-15/h6-11,14H,5,12H2,1-4H3. The number of carbonyl (C=O) groups is 1. The number of rotatable bonds is 6. The third-order valence-corrected chi connectivity index (χ3v) is 5.89. The van der Waals surface area contributed by atoms with Gasteiger partial charge in [-0.25, -0.2) is 13.1 Å². The number of sulfone groups is 1. The Labute approximate surface area is 143 Å². The maximum atomic E-state index is 12.6. The zero-order chi connectivity index (χ0) is 17.9. The van der Waals surface area contributed by atoms with Gasteiger partial charge >= 0.3 is 0 Å². The summed E-state index contributed by atoms with van der Waals surface area (Å²) in [5.41, 5.74) is 2.02. The van der Waals surface area contributed by atoms with E-state index in [1.54, 1.807) is 31.6 Å². The second-order valence-electron chi connectivity index (χ2n) is 5.88. The maximum Gasteiger partial charge on any atom is 0.274 e. The van der Waals surface area contributed by atoms with Crippen molar-refractivity contribution in [1.29, 1.82) is 0 Å². The molecule has 1 amide bonds. The van der Waals surface area contributed by atoms with Gasteiger partial charge in [-0.05, 0) is 32.0 Å². The molecule has 7 heteroatoms. The summed E-state index contributed by atoms with van der Waals surface area (Å²) >= 11 is 0. The largest absolute Gasteiger partial charge is 0.337 e. The lowest BCUT2D eigenvalue weighted by Crippen LogP contribution is -2.40. The molecule has 0 aliphatic carbocycles. The van der Waals surface area contributed by atoms with Crippen molar-refractivity contribution in [3.8, 4) is 5.69 Å². The molecule has 1 aromatic carbocycles. The van der Waals surface area contributed by atoms with Crippen molar-refractivity contribution < 1.29 is 13.2 Å². The van der Waals surface area contributed by atoms with Gasteiger partial charge < -0.3 is 4.90 Å². The number of aromatic nitrogens is 2. The molecule has 0 fully saturated rings. The van der Waals surface area contributed by atoms with Crippen LogP contribution in [0, 0.1) is 6.92 Å². The van der Waals surface area contributed by atoms with E-state index in [2.05, 4.69) is 5.10 Å². The van der Waals surface area contributed by atoms with Gasteiger partial charge in [-0.1, -0.05) is 25.1 Å². The Morgan fingerprint density at radius 2 is 1.92 bits per heavy atom. The van der Waals surface area contributed by atoms with E-state index in [1.807, 2.05) is 37.3 Å². The molecule has 130 valence electrons. The molecule has 0 radical (unpaired) electrons. The van der Waals surface area contributed by atoms with Crippen molar-refractivity contribution in [1.82, 2.24) is 14.7 Å². The van der Waals surface area contributed by atoms with Crippen molar-refractivity contribution in [2.75, 3.05) is 18.6 Å². The summed E-state index contributed by atoms with van der Waals surface area (Å²) in [5.74, 6) is -0.266. The zero-order valence-electron chi connectivity index (χ0n) is 14.4. The number of aryl methyl sites for hydroxylation is 1. The molecule has 0 aliphatic heterocycles. The van der Waals surface area contributed by atoms with Crippen molar-refractivity contribution >= 4 is 15.7 Å². The van der Waals surface area contributed by atoms with E-state index >= 15 is 0 Å². The SMILES string of the molecule is CCS(=O)(=O)CC(C)N(C)C(=O)c1cc(C)n(-c2ccccc2)n1. The second kappa shape index (κ2) is 7.17. The second-order valence-corrected chi connectivity index (χ2v) is 8.28. The Bertz CT molecular complexity index is 813. The molecule has 0 saturated heterocycles. The molecule has 0 aliphatic rings. The predicted molar refractivity (Wildman–Crippen MR) is 94.2 cm³/mol. The zero-order valence-corrected chi connectivity index (χ0v) is 15.2. The van der Waals surface area contributed by atoms with Crippen LogP contribution in [-0.4, -0.2) is 53.6 Å². The monoisotopic (exact) mass is 349 g/mol. The molecule has 1 aromatic heterocycles. The Balaban J connectivity index is 2.21. The highest BCUT2D eigenvalue weighted by Crippen LogP contribution is 2.14. The van der Waals surface area contributed by atoms with Crippen LogP contribution in [0.3, 0.4) is 0 Å². The first-order valence-electron chi connectivity index (χ1n) is 7.85. The van der Waals surface area contributed by atoms with Gasteiger partial charge in [-0.2, -0.15) is 5.10 Å². The first-order valence-corrected chi connectivity index (χ1v) is 9.67. The first kappa shape index (κ1) is 18.2. The highest BCUT2D eigenvalue weighted by molar-refractivity contribution is 7.91. The highest BCUT2D eigenvalue weighted by Gasteiger charge is 2.24. The van der Waals surface area contributed by atoms with Gasteiger partial charge in [0.1, 0.15) is 0 Å². The van der Waals surface area contributed by atoms with E-state index in [-0.39, 0.29) is 17.4 Å². The molecule has 0 N–H and O–H groups in total. The molecular formula is C17H23N3O3S. The summed E-state index contributed by atoms with van der Waals surface area (Å²) in [5, 5.41) is 4.38. The van der Waals surface area contributed by atoms with E-state index in [1.165, 1.54) is 4.90 Å². The lowest BCUT2D eigenvalue weighted by atomic mass is 10.3. The topological polar surface area (TPSA) is 72.3 Å². The maximum absolute atomic E-state index is 12.6. The van der Waals surface area contributed by atoms with Crippen LogP contribution in [0.25, 0.3) is 5.69 Å². The van der Waals surface area contributed by atoms with Crippen molar-refractivity contribution in [2.45, 2.75) is 26.8 Å². The van der Waals surface area contributed by atoms with E-state index in [9.17, 15) is 13.2 Å². The summed E-state index contributed by atoms with van der Waals surface area (Å²) in [6.07, 6.45) is 0. The third kappa shape index (κ3) is 4.03.